The smallest absolute Gasteiger partial charge is 0.124 e. The molecule has 0 aliphatic carbocycles. The first-order valence-corrected chi connectivity index (χ1v) is 13.3. The lowest BCUT2D eigenvalue weighted by atomic mass is 10.1. The van der Waals surface area contributed by atoms with E-state index in [1.807, 2.05) is 0 Å². The van der Waals surface area contributed by atoms with Gasteiger partial charge >= 0.3 is 0 Å². The normalized spacial score (nSPS) is 11.9. The molecule has 5 aromatic carbocycles. The molecule has 0 saturated heterocycles. The molecule has 0 unspecified atom stereocenters. The lowest BCUT2D eigenvalue weighted by Gasteiger charge is -2.08. The summed E-state index contributed by atoms with van der Waals surface area (Å²) in [7, 11) is 0. The van der Waals surface area contributed by atoms with E-state index in [1.165, 1.54) is 12.1 Å². The second-order valence-corrected chi connectivity index (χ2v) is 9.67. The SMILES string of the molecule is Oc1ccc(F)cc1C=Nc1cc(N=Cc2cc(F)ccc2O)c(N=Cc2cc(F)ccc2O)cc1N=Cc1cc(F)ccc1O. The van der Waals surface area contributed by atoms with E-state index < -0.39 is 23.3 Å². The van der Waals surface area contributed by atoms with E-state index in [9.17, 15) is 38.0 Å². The van der Waals surface area contributed by atoms with Gasteiger partial charge in [0.2, 0.25) is 0 Å². The minimum atomic E-state index is -0.635. The molecule has 12 heteroatoms. The van der Waals surface area contributed by atoms with E-state index in [0.29, 0.717) is 0 Å². The average Bonchev–Trinajstić information content (AvgIpc) is 3.03. The van der Waals surface area contributed by atoms with Crippen LogP contribution in [0, 0.1) is 23.3 Å². The first kappa shape index (κ1) is 31.1. The highest BCUT2D eigenvalue weighted by Gasteiger charge is 2.11. The Kier molecular flexibility index (Phi) is 9.18. The Bertz CT molecular complexity index is 1770. The van der Waals surface area contributed by atoms with Gasteiger partial charge in [-0.3, -0.25) is 20.0 Å². The summed E-state index contributed by atoms with van der Waals surface area (Å²) in [5.41, 5.74) is 0.371. The van der Waals surface area contributed by atoms with Crippen LogP contribution in [0.3, 0.4) is 0 Å². The Labute approximate surface area is 259 Å². The summed E-state index contributed by atoms with van der Waals surface area (Å²) in [5, 5.41) is 40.7. The van der Waals surface area contributed by atoms with E-state index >= 15 is 0 Å². The van der Waals surface area contributed by atoms with Crippen molar-refractivity contribution in [2.45, 2.75) is 0 Å². The molecule has 0 atom stereocenters. The van der Waals surface area contributed by atoms with Crippen molar-refractivity contribution in [2.24, 2.45) is 20.0 Å². The molecular formula is C34H22F4N4O4. The Balaban J connectivity index is 1.69. The van der Waals surface area contributed by atoms with Gasteiger partial charge in [0.05, 0.1) is 22.7 Å². The van der Waals surface area contributed by atoms with E-state index in [1.54, 1.807) is 0 Å². The van der Waals surface area contributed by atoms with Gasteiger partial charge < -0.3 is 20.4 Å². The molecule has 0 amide bonds. The van der Waals surface area contributed by atoms with Crippen LogP contribution in [0.15, 0.2) is 105 Å². The first-order valence-electron chi connectivity index (χ1n) is 13.3. The van der Waals surface area contributed by atoms with Crippen LogP contribution in [0.5, 0.6) is 23.0 Å². The third kappa shape index (κ3) is 7.61. The Morgan fingerprint density at radius 1 is 0.348 bits per heavy atom. The number of rotatable bonds is 8. The maximum absolute atomic E-state index is 13.9. The fourth-order valence-corrected chi connectivity index (χ4v) is 4.04. The summed E-state index contributed by atoms with van der Waals surface area (Å²) >= 11 is 0. The lowest BCUT2D eigenvalue weighted by Crippen LogP contribution is -1.87. The molecular weight excluding hydrogens is 604 g/mol. The highest BCUT2D eigenvalue weighted by Crippen LogP contribution is 2.41. The summed E-state index contributed by atoms with van der Waals surface area (Å²) in [4.78, 5) is 17.3. The molecule has 5 aromatic rings. The van der Waals surface area contributed by atoms with Crippen LogP contribution in [-0.2, 0) is 0 Å². The van der Waals surface area contributed by atoms with Crippen molar-refractivity contribution in [3.63, 3.8) is 0 Å². The van der Waals surface area contributed by atoms with Gasteiger partial charge in [0.1, 0.15) is 46.3 Å². The molecule has 4 N–H and O–H groups in total. The minimum Gasteiger partial charge on any atom is -0.507 e. The van der Waals surface area contributed by atoms with Gasteiger partial charge in [0, 0.05) is 47.1 Å². The van der Waals surface area contributed by atoms with Crippen LogP contribution in [0.4, 0.5) is 40.3 Å². The van der Waals surface area contributed by atoms with Crippen molar-refractivity contribution < 1.29 is 38.0 Å². The average molecular weight is 627 g/mol. The molecule has 46 heavy (non-hydrogen) atoms. The van der Waals surface area contributed by atoms with Gasteiger partial charge in [-0.1, -0.05) is 0 Å². The number of aromatic hydroxyl groups is 4. The fraction of sp³-hybridized carbons (Fsp3) is 0. The summed E-state index contributed by atoms with van der Waals surface area (Å²) < 4.78 is 55.5. The number of nitrogens with zero attached hydrogens (tertiary/aromatic N) is 4. The third-order valence-electron chi connectivity index (χ3n) is 6.40. The van der Waals surface area contributed by atoms with Gasteiger partial charge in [-0.25, -0.2) is 17.6 Å². The van der Waals surface area contributed by atoms with Crippen LogP contribution >= 0.6 is 0 Å². The largest absolute Gasteiger partial charge is 0.507 e. The third-order valence-corrected chi connectivity index (χ3v) is 6.40. The number of hydrogen-bond donors (Lipinski definition) is 4. The predicted molar refractivity (Wildman–Crippen MR) is 168 cm³/mol. The van der Waals surface area contributed by atoms with Gasteiger partial charge in [-0.05, 0) is 84.9 Å². The van der Waals surface area contributed by atoms with Gasteiger partial charge in [0.25, 0.3) is 0 Å². The van der Waals surface area contributed by atoms with Crippen molar-refractivity contribution in [3.05, 3.63) is 130 Å². The zero-order chi connectivity index (χ0) is 32.8. The molecule has 8 nitrogen and oxygen atoms in total. The first-order chi connectivity index (χ1) is 22.0. The molecule has 0 bridgehead atoms. The zero-order valence-electron chi connectivity index (χ0n) is 23.5. The summed E-state index contributed by atoms with van der Waals surface area (Å²) in [5.74, 6) is -3.61. The molecule has 230 valence electrons. The Morgan fingerprint density at radius 3 is 0.783 bits per heavy atom. The van der Waals surface area contributed by atoms with Crippen LogP contribution in [0.25, 0.3) is 0 Å². The molecule has 5 rings (SSSR count). The predicted octanol–water partition coefficient (Wildman–Crippen LogP) is 8.07. The number of phenols is 4. The maximum atomic E-state index is 13.9. The van der Waals surface area contributed by atoms with Crippen LogP contribution < -0.4 is 0 Å². The number of halogens is 4. The number of hydrogen-bond acceptors (Lipinski definition) is 8. The minimum absolute atomic E-state index is 0.0242. The highest BCUT2D eigenvalue weighted by molar-refractivity contribution is 5.94. The van der Waals surface area contributed by atoms with Crippen molar-refractivity contribution in [3.8, 4) is 23.0 Å². The molecule has 0 radical (unpaired) electrons. The summed E-state index contributed by atoms with van der Waals surface area (Å²) in [6.07, 6.45) is 4.64. The summed E-state index contributed by atoms with van der Waals surface area (Å²) in [6.45, 7) is 0. The summed E-state index contributed by atoms with van der Waals surface area (Å²) in [6, 6.07) is 15.7. The quantitative estimate of drug-likeness (QED) is 0.103. The molecule has 0 saturated carbocycles. The lowest BCUT2D eigenvalue weighted by molar-refractivity contribution is 0.471. The van der Waals surface area contributed by atoms with E-state index in [-0.39, 0.29) is 68.0 Å². The standard InChI is InChI=1S/C34H22F4N4O4/c35-23-1-5-31(43)19(9-23)15-39-27-13-29(41-17-21-11-25(37)3-7-33(21)45)30(42-18-22-12-26(38)4-8-34(22)46)14-28(27)40-16-20-10-24(36)2-6-32(20)44/h1-18,43-46H. The highest BCUT2D eigenvalue weighted by atomic mass is 19.1. The fourth-order valence-electron chi connectivity index (χ4n) is 4.04. The molecule has 0 aromatic heterocycles. The van der Waals surface area contributed by atoms with Crippen LogP contribution in [0.1, 0.15) is 22.3 Å². The van der Waals surface area contributed by atoms with Gasteiger partial charge in [-0.2, -0.15) is 0 Å². The number of phenolic OH excluding ortho intramolecular Hbond substituents is 4. The number of aliphatic imine (C=N–C) groups is 4. The second-order valence-electron chi connectivity index (χ2n) is 9.67. The van der Waals surface area contributed by atoms with E-state index in [0.717, 1.165) is 97.7 Å². The van der Waals surface area contributed by atoms with Crippen LogP contribution in [-0.4, -0.2) is 45.3 Å². The molecule has 0 spiro atoms. The van der Waals surface area contributed by atoms with E-state index in [4.69, 9.17) is 0 Å². The van der Waals surface area contributed by atoms with Crippen molar-refractivity contribution in [1.29, 1.82) is 0 Å². The Hall–Kier alpha value is -6.30. The number of benzene rings is 5. The monoisotopic (exact) mass is 626 g/mol. The maximum Gasteiger partial charge on any atom is 0.124 e. The van der Waals surface area contributed by atoms with Gasteiger partial charge in [0.15, 0.2) is 0 Å². The molecule has 0 heterocycles. The molecule has 0 aliphatic heterocycles. The van der Waals surface area contributed by atoms with Crippen molar-refractivity contribution >= 4 is 47.6 Å². The molecule has 0 fully saturated rings. The Morgan fingerprint density at radius 2 is 0.565 bits per heavy atom. The second kappa shape index (κ2) is 13.6. The van der Waals surface area contributed by atoms with Crippen molar-refractivity contribution in [2.75, 3.05) is 0 Å². The van der Waals surface area contributed by atoms with Crippen LogP contribution in [0.2, 0.25) is 0 Å². The topological polar surface area (TPSA) is 130 Å². The van der Waals surface area contributed by atoms with E-state index in [2.05, 4.69) is 20.0 Å². The molecule has 0 aliphatic rings. The van der Waals surface area contributed by atoms with Gasteiger partial charge in [-0.15, -0.1) is 0 Å². The van der Waals surface area contributed by atoms with Crippen molar-refractivity contribution in [1.82, 2.24) is 0 Å². The zero-order valence-corrected chi connectivity index (χ0v) is 23.5.